The molecule has 3 heteroatoms. The van der Waals surface area contributed by atoms with Gasteiger partial charge < -0.3 is 4.57 Å². The van der Waals surface area contributed by atoms with Gasteiger partial charge in [-0.2, -0.15) is 0 Å². The molecule has 0 aliphatic heterocycles. The van der Waals surface area contributed by atoms with Crippen molar-refractivity contribution in [2.75, 3.05) is 0 Å². The molecule has 1 aromatic heterocycles. The maximum atomic E-state index is 11.7. The second-order valence-corrected chi connectivity index (χ2v) is 5.43. The van der Waals surface area contributed by atoms with Crippen LogP contribution in [0.15, 0.2) is 18.7 Å². The van der Waals surface area contributed by atoms with Gasteiger partial charge >= 0.3 is 0 Å². The van der Waals surface area contributed by atoms with E-state index in [0.717, 1.165) is 12.8 Å². The Morgan fingerprint density at radius 2 is 2.00 bits per heavy atom. The molecule has 90 valence electrons. The predicted molar refractivity (Wildman–Crippen MR) is 65.2 cm³/mol. The minimum absolute atomic E-state index is 0.0765. The van der Waals surface area contributed by atoms with E-state index in [1.807, 2.05) is 19.4 Å². The number of carbonyl (C=O) groups excluding carboxylic acids is 1. The Kier molecular flexibility index (Phi) is 3.56. The number of hydrogen-bond donors (Lipinski definition) is 0. The van der Waals surface area contributed by atoms with Crippen molar-refractivity contribution in [1.29, 1.82) is 0 Å². The highest BCUT2D eigenvalue weighted by atomic mass is 16.1. The number of nitrogens with zero attached hydrogens (tertiary/aromatic N) is 2. The normalized spacial score (nSPS) is 15.8. The van der Waals surface area contributed by atoms with Crippen LogP contribution in [0.5, 0.6) is 0 Å². The smallest absolute Gasteiger partial charge is 0.135 e. The molecule has 0 bridgehead atoms. The molecule has 0 aromatic carbocycles. The van der Waals surface area contributed by atoms with E-state index in [-0.39, 0.29) is 16.7 Å². The summed E-state index contributed by atoms with van der Waals surface area (Å²) < 4.78 is 2.07. The Morgan fingerprint density at radius 3 is 2.38 bits per heavy atom. The molecule has 0 N–H and O–H groups in total. The number of rotatable bonds is 5. The van der Waals surface area contributed by atoms with Crippen molar-refractivity contribution in [1.82, 2.24) is 9.55 Å². The van der Waals surface area contributed by atoms with Crippen LogP contribution in [0.25, 0.3) is 0 Å². The predicted octanol–water partition coefficient (Wildman–Crippen LogP) is 3.01. The lowest BCUT2D eigenvalue weighted by Gasteiger charge is -2.36. The first kappa shape index (κ1) is 12.9. The van der Waals surface area contributed by atoms with Crippen LogP contribution in [0, 0.1) is 5.41 Å². The maximum absolute atomic E-state index is 11.7. The van der Waals surface area contributed by atoms with Gasteiger partial charge in [0.15, 0.2) is 0 Å². The van der Waals surface area contributed by atoms with Gasteiger partial charge in [0.05, 0.1) is 6.33 Å². The van der Waals surface area contributed by atoms with Gasteiger partial charge in [-0.15, -0.1) is 0 Å². The average Bonchev–Trinajstić information content (AvgIpc) is 2.70. The summed E-state index contributed by atoms with van der Waals surface area (Å²) >= 11 is 0. The molecule has 1 aromatic rings. The van der Waals surface area contributed by atoms with Crippen molar-refractivity contribution in [3.05, 3.63) is 18.7 Å². The van der Waals surface area contributed by atoms with Crippen molar-refractivity contribution in [2.24, 2.45) is 5.41 Å². The second-order valence-electron chi connectivity index (χ2n) is 5.43. The van der Waals surface area contributed by atoms with Gasteiger partial charge in [0.2, 0.25) is 0 Å². The summed E-state index contributed by atoms with van der Waals surface area (Å²) in [6.45, 7) is 10.1. The van der Waals surface area contributed by atoms with E-state index in [2.05, 4.69) is 30.3 Å². The van der Waals surface area contributed by atoms with Gasteiger partial charge in [0, 0.05) is 23.3 Å². The van der Waals surface area contributed by atoms with Gasteiger partial charge in [-0.05, 0) is 33.6 Å². The molecule has 1 heterocycles. The average molecular weight is 222 g/mol. The van der Waals surface area contributed by atoms with Gasteiger partial charge in [0.25, 0.3) is 0 Å². The summed E-state index contributed by atoms with van der Waals surface area (Å²) in [6.07, 6.45) is 7.26. The van der Waals surface area contributed by atoms with Crippen LogP contribution in [0.1, 0.15) is 47.5 Å². The SMILES string of the molecule is CCC(C)(CC(C)(C)n1ccnc1)C(C)=O. The van der Waals surface area contributed by atoms with Gasteiger partial charge in [-0.3, -0.25) is 4.79 Å². The van der Waals surface area contributed by atoms with E-state index in [1.165, 1.54) is 0 Å². The third-order valence-electron chi connectivity index (χ3n) is 3.66. The molecule has 0 saturated carbocycles. The van der Waals surface area contributed by atoms with Gasteiger partial charge in [0.1, 0.15) is 5.78 Å². The van der Waals surface area contributed by atoms with Crippen LogP contribution in [-0.4, -0.2) is 15.3 Å². The third-order valence-corrected chi connectivity index (χ3v) is 3.66. The molecule has 1 rings (SSSR count). The van der Waals surface area contributed by atoms with Crippen LogP contribution in [0.2, 0.25) is 0 Å². The van der Waals surface area contributed by atoms with E-state index in [0.29, 0.717) is 0 Å². The van der Waals surface area contributed by atoms with E-state index in [1.54, 1.807) is 13.1 Å². The fourth-order valence-electron chi connectivity index (χ4n) is 2.16. The zero-order chi connectivity index (χ0) is 12.4. The summed E-state index contributed by atoms with van der Waals surface area (Å²) in [5, 5.41) is 0. The second kappa shape index (κ2) is 4.40. The summed E-state index contributed by atoms with van der Waals surface area (Å²) in [6, 6.07) is 0. The number of hydrogen-bond acceptors (Lipinski definition) is 2. The van der Waals surface area contributed by atoms with E-state index >= 15 is 0 Å². The number of aromatic nitrogens is 2. The number of imidazole rings is 1. The minimum Gasteiger partial charge on any atom is -0.332 e. The lowest BCUT2D eigenvalue weighted by molar-refractivity contribution is -0.127. The Balaban J connectivity index is 2.91. The van der Waals surface area contributed by atoms with Crippen molar-refractivity contribution in [2.45, 2.75) is 53.0 Å². The number of carbonyl (C=O) groups is 1. The van der Waals surface area contributed by atoms with Gasteiger partial charge in [-0.25, -0.2) is 4.98 Å². The van der Waals surface area contributed by atoms with Crippen molar-refractivity contribution >= 4 is 5.78 Å². The summed E-state index contributed by atoms with van der Waals surface area (Å²) in [5.74, 6) is 0.267. The Bertz CT molecular complexity index is 354. The topological polar surface area (TPSA) is 34.9 Å². The first-order valence-electron chi connectivity index (χ1n) is 5.81. The molecule has 0 spiro atoms. The third kappa shape index (κ3) is 2.52. The molecular weight excluding hydrogens is 200 g/mol. The van der Waals surface area contributed by atoms with E-state index in [9.17, 15) is 4.79 Å². The molecule has 0 aliphatic carbocycles. The zero-order valence-electron chi connectivity index (χ0n) is 10.9. The molecule has 0 aliphatic rings. The lowest BCUT2D eigenvalue weighted by atomic mass is 9.74. The molecule has 0 saturated heterocycles. The summed E-state index contributed by atoms with van der Waals surface area (Å²) in [5.41, 5.74) is -0.319. The Hall–Kier alpha value is -1.12. The molecule has 0 fully saturated rings. The molecule has 16 heavy (non-hydrogen) atoms. The van der Waals surface area contributed by atoms with Crippen molar-refractivity contribution in [3.8, 4) is 0 Å². The van der Waals surface area contributed by atoms with Crippen LogP contribution in [-0.2, 0) is 10.3 Å². The Labute approximate surface area is 97.9 Å². The van der Waals surface area contributed by atoms with Crippen LogP contribution >= 0.6 is 0 Å². The molecule has 1 unspecified atom stereocenters. The highest BCUT2D eigenvalue weighted by Gasteiger charge is 2.35. The quantitative estimate of drug-likeness (QED) is 0.767. The number of ketones is 1. The fourth-order valence-corrected chi connectivity index (χ4v) is 2.16. The monoisotopic (exact) mass is 222 g/mol. The highest BCUT2D eigenvalue weighted by molar-refractivity contribution is 5.81. The summed E-state index contributed by atoms with van der Waals surface area (Å²) in [4.78, 5) is 15.8. The Morgan fingerprint density at radius 1 is 1.38 bits per heavy atom. The lowest BCUT2D eigenvalue weighted by Crippen LogP contribution is -2.36. The van der Waals surface area contributed by atoms with E-state index < -0.39 is 0 Å². The standard InChI is InChI=1S/C13H22N2O/c1-6-13(5,11(2)16)9-12(3,4)15-8-7-14-10-15/h7-8,10H,6,9H2,1-5H3. The summed E-state index contributed by atoms with van der Waals surface area (Å²) in [7, 11) is 0. The fraction of sp³-hybridized carbons (Fsp3) is 0.692. The molecule has 3 nitrogen and oxygen atoms in total. The molecule has 0 radical (unpaired) electrons. The van der Waals surface area contributed by atoms with E-state index in [4.69, 9.17) is 0 Å². The van der Waals surface area contributed by atoms with Crippen LogP contribution in [0.4, 0.5) is 0 Å². The first-order chi connectivity index (χ1) is 7.32. The maximum Gasteiger partial charge on any atom is 0.135 e. The minimum atomic E-state index is -0.242. The van der Waals surface area contributed by atoms with Crippen LogP contribution < -0.4 is 0 Å². The van der Waals surface area contributed by atoms with Crippen LogP contribution in [0.3, 0.4) is 0 Å². The molecular formula is C13H22N2O. The first-order valence-corrected chi connectivity index (χ1v) is 5.81. The molecule has 1 atom stereocenters. The number of Topliss-reactive ketones (excluding diaryl/α,β-unsaturated/α-hetero) is 1. The molecule has 0 amide bonds. The van der Waals surface area contributed by atoms with Crippen molar-refractivity contribution < 1.29 is 4.79 Å². The van der Waals surface area contributed by atoms with Crippen molar-refractivity contribution in [3.63, 3.8) is 0 Å². The zero-order valence-corrected chi connectivity index (χ0v) is 10.9. The highest BCUT2D eigenvalue weighted by Crippen LogP contribution is 2.36. The van der Waals surface area contributed by atoms with Gasteiger partial charge in [-0.1, -0.05) is 13.8 Å². The largest absolute Gasteiger partial charge is 0.332 e.